The third kappa shape index (κ3) is 3.15. The molecule has 0 saturated heterocycles. The van der Waals surface area contributed by atoms with Crippen LogP contribution >= 0.6 is 0 Å². The van der Waals surface area contributed by atoms with Crippen molar-refractivity contribution in [3.8, 4) is 11.5 Å². The highest BCUT2D eigenvalue weighted by molar-refractivity contribution is 5.81. The monoisotopic (exact) mass is 249 g/mol. The molecule has 18 heavy (non-hydrogen) atoms. The smallest absolute Gasteiger partial charge is 0.260 e. The van der Waals surface area contributed by atoms with Crippen LogP contribution < -0.4 is 10.1 Å². The van der Waals surface area contributed by atoms with Gasteiger partial charge in [-0.1, -0.05) is 25.0 Å². The van der Waals surface area contributed by atoms with Crippen LogP contribution in [0.5, 0.6) is 11.5 Å². The molecule has 98 valence electrons. The Bertz CT molecular complexity index is 413. The second-order valence-corrected chi connectivity index (χ2v) is 4.72. The average molecular weight is 249 g/mol. The van der Waals surface area contributed by atoms with Gasteiger partial charge in [0, 0.05) is 6.04 Å². The number of hydrogen-bond donors (Lipinski definition) is 2. The van der Waals surface area contributed by atoms with Crippen LogP contribution in [0.1, 0.15) is 32.6 Å². The first-order valence-corrected chi connectivity index (χ1v) is 6.42. The SMILES string of the molecule is CC(Oc1ccccc1O)C(=O)NC1CCCC1. The number of aromatic hydroxyl groups is 1. The number of ether oxygens (including phenoxy) is 1. The predicted octanol–water partition coefficient (Wildman–Crippen LogP) is 2.22. The Morgan fingerprint density at radius 3 is 2.72 bits per heavy atom. The largest absolute Gasteiger partial charge is 0.504 e. The van der Waals surface area contributed by atoms with Crippen LogP contribution in [-0.4, -0.2) is 23.2 Å². The van der Waals surface area contributed by atoms with E-state index in [0.29, 0.717) is 5.75 Å². The number of amides is 1. The van der Waals surface area contributed by atoms with E-state index in [2.05, 4.69) is 5.32 Å². The zero-order valence-corrected chi connectivity index (χ0v) is 10.6. The molecule has 1 aliphatic rings. The van der Waals surface area contributed by atoms with Gasteiger partial charge in [-0.2, -0.15) is 0 Å². The van der Waals surface area contributed by atoms with Crippen molar-refractivity contribution < 1.29 is 14.6 Å². The number of para-hydroxylation sites is 2. The molecule has 1 unspecified atom stereocenters. The van der Waals surface area contributed by atoms with E-state index in [1.165, 1.54) is 18.9 Å². The van der Waals surface area contributed by atoms with E-state index in [9.17, 15) is 9.90 Å². The molecule has 1 amide bonds. The van der Waals surface area contributed by atoms with Crippen LogP contribution in [0.2, 0.25) is 0 Å². The van der Waals surface area contributed by atoms with Crippen molar-refractivity contribution in [2.75, 3.05) is 0 Å². The van der Waals surface area contributed by atoms with Crippen molar-refractivity contribution >= 4 is 5.91 Å². The minimum Gasteiger partial charge on any atom is -0.504 e. The highest BCUT2D eigenvalue weighted by Gasteiger charge is 2.22. The summed E-state index contributed by atoms with van der Waals surface area (Å²) in [7, 11) is 0. The Balaban J connectivity index is 1.89. The van der Waals surface area contributed by atoms with Gasteiger partial charge in [0.15, 0.2) is 17.6 Å². The first-order chi connectivity index (χ1) is 8.66. The summed E-state index contributed by atoms with van der Waals surface area (Å²) < 4.78 is 5.46. The Morgan fingerprint density at radius 1 is 1.39 bits per heavy atom. The maximum atomic E-state index is 11.9. The first-order valence-electron chi connectivity index (χ1n) is 6.42. The molecular weight excluding hydrogens is 230 g/mol. The zero-order chi connectivity index (χ0) is 13.0. The van der Waals surface area contributed by atoms with Crippen molar-refractivity contribution in [1.82, 2.24) is 5.32 Å². The predicted molar refractivity (Wildman–Crippen MR) is 68.6 cm³/mol. The van der Waals surface area contributed by atoms with Gasteiger partial charge in [-0.05, 0) is 31.9 Å². The van der Waals surface area contributed by atoms with Crippen molar-refractivity contribution in [2.24, 2.45) is 0 Å². The molecule has 0 bridgehead atoms. The number of rotatable bonds is 4. The van der Waals surface area contributed by atoms with E-state index in [0.717, 1.165) is 12.8 Å². The van der Waals surface area contributed by atoms with Gasteiger partial charge in [0.05, 0.1) is 0 Å². The molecule has 2 rings (SSSR count). The Kier molecular flexibility index (Phi) is 4.07. The normalized spacial score (nSPS) is 17.4. The van der Waals surface area contributed by atoms with Gasteiger partial charge >= 0.3 is 0 Å². The van der Waals surface area contributed by atoms with Gasteiger partial charge in [0.25, 0.3) is 5.91 Å². The molecule has 0 spiro atoms. The highest BCUT2D eigenvalue weighted by Crippen LogP contribution is 2.25. The maximum Gasteiger partial charge on any atom is 0.260 e. The van der Waals surface area contributed by atoms with E-state index in [1.807, 2.05) is 0 Å². The molecule has 0 aromatic heterocycles. The summed E-state index contributed by atoms with van der Waals surface area (Å²) in [6, 6.07) is 6.95. The number of phenols is 1. The molecule has 2 N–H and O–H groups in total. The van der Waals surface area contributed by atoms with Gasteiger partial charge in [-0.3, -0.25) is 4.79 Å². The van der Waals surface area contributed by atoms with Crippen molar-refractivity contribution in [3.05, 3.63) is 24.3 Å². The molecule has 1 saturated carbocycles. The summed E-state index contributed by atoms with van der Waals surface area (Å²) in [6.07, 6.45) is 3.86. The van der Waals surface area contributed by atoms with Crippen LogP contribution in [0.3, 0.4) is 0 Å². The second kappa shape index (κ2) is 5.76. The van der Waals surface area contributed by atoms with Crippen LogP contribution in [0.15, 0.2) is 24.3 Å². The minimum absolute atomic E-state index is 0.0537. The summed E-state index contributed by atoms with van der Waals surface area (Å²) in [5.41, 5.74) is 0. The molecule has 1 aromatic rings. The molecule has 4 nitrogen and oxygen atoms in total. The van der Waals surface area contributed by atoms with Gasteiger partial charge < -0.3 is 15.2 Å². The maximum absolute atomic E-state index is 11.9. The molecule has 1 atom stereocenters. The van der Waals surface area contributed by atoms with E-state index in [1.54, 1.807) is 25.1 Å². The van der Waals surface area contributed by atoms with E-state index < -0.39 is 6.10 Å². The number of carbonyl (C=O) groups is 1. The Labute approximate surface area is 107 Å². The van der Waals surface area contributed by atoms with Crippen LogP contribution in [-0.2, 0) is 4.79 Å². The number of hydrogen-bond acceptors (Lipinski definition) is 3. The topological polar surface area (TPSA) is 58.6 Å². The number of phenolic OH excluding ortho intramolecular Hbond substituents is 1. The van der Waals surface area contributed by atoms with Crippen molar-refractivity contribution in [3.63, 3.8) is 0 Å². The minimum atomic E-state index is -0.598. The van der Waals surface area contributed by atoms with Crippen LogP contribution in [0.4, 0.5) is 0 Å². The van der Waals surface area contributed by atoms with Crippen molar-refractivity contribution in [2.45, 2.75) is 44.8 Å². The van der Waals surface area contributed by atoms with Gasteiger partial charge in [0.1, 0.15) is 0 Å². The fourth-order valence-corrected chi connectivity index (χ4v) is 2.19. The Hall–Kier alpha value is -1.71. The lowest BCUT2D eigenvalue weighted by molar-refractivity contribution is -0.128. The molecule has 0 heterocycles. The molecule has 4 heteroatoms. The molecule has 1 aromatic carbocycles. The molecular formula is C14H19NO3. The standard InChI is InChI=1S/C14H19NO3/c1-10(14(17)15-11-6-2-3-7-11)18-13-9-5-4-8-12(13)16/h4-5,8-11,16H,2-3,6-7H2,1H3,(H,15,17). The van der Waals surface area contributed by atoms with Gasteiger partial charge in [0.2, 0.25) is 0 Å². The zero-order valence-electron chi connectivity index (χ0n) is 10.6. The summed E-state index contributed by atoms with van der Waals surface area (Å²) >= 11 is 0. The molecule has 1 fully saturated rings. The fraction of sp³-hybridized carbons (Fsp3) is 0.500. The van der Waals surface area contributed by atoms with E-state index in [-0.39, 0.29) is 17.7 Å². The van der Waals surface area contributed by atoms with Crippen molar-refractivity contribution in [1.29, 1.82) is 0 Å². The summed E-state index contributed by atoms with van der Waals surface area (Å²) in [5, 5.41) is 12.5. The molecule has 0 radical (unpaired) electrons. The Morgan fingerprint density at radius 2 is 2.06 bits per heavy atom. The lowest BCUT2D eigenvalue weighted by atomic mass is 10.2. The second-order valence-electron chi connectivity index (χ2n) is 4.72. The average Bonchev–Trinajstić information content (AvgIpc) is 2.84. The third-order valence-corrected chi connectivity index (χ3v) is 3.24. The molecule has 0 aliphatic heterocycles. The highest BCUT2D eigenvalue weighted by atomic mass is 16.5. The van der Waals surface area contributed by atoms with Crippen LogP contribution in [0.25, 0.3) is 0 Å². The lowest BCUT2D eigenvalue weighted by Crippen LogP contribution is -2.41. The van der Waals surface area contributed by atoms with Gasteiger partial charge in [-0.15, -0.1) is 0 Å². The van der Waals surface area contributed by atoms with Crippen LogP contribution in [0, 0.1) is 0 Å². The molecule has 1 aliphatic carbocycles. The quantitative estimate of drug-likeness (QED) is 0.860. The van der Waals surface area contributed by atoms with Gasteiger partial charge in [-0.25, -0.2) is 0 Å². The lowest BCUT2D eigenvalue weighted by Gasteiger charge is -2.18. The number of carbonyl (C=O) groups excluding carboxylic acids is 1. The number of benzene rings is 1. The third-order valence-electron chi connectivity index (χ3n) is 3.24. The fourth-order valence-electron chi connectivity index (χ4n) is 2.19. The van der Waals surface area contributed by atoms with E-state index >= 15 is 0 Å². The summed E-state index contributed by atoms with van der Waals surface area (Å²) in [5.74, 6) is 0.273. The summed E-state index contributed by atoms with van der Waals surface area (Å²) in [4.78, 5) is 11.9. The van der Waals surface area contributed by atoms with E-state index in [4.69, 9.17) is 4.74 Å². The summed E-state index contributed by atoms with van der Waals surface area (Å²) in [6.45, 7) is 1.69. The first kappa shape index (κ1) is 12.7. The number of nitrogens with one attached hydrogen (secondary N) is 1.